The quantitative estimate of drug-likeness (QED) is 0.857. The maximum atomic E-state index is 6.26. The molecule has 0 saturated heterocycles. The number of fused-ring (bicyclic) bond motifs is 1. The Labute approximate surface area is 94.3 Å². The van der Waals surface area contributed by atoms with Crippen LogP contribution in [0.2, 0.25) is 5.02 Å². The molecule has 82 valence electrons. The van der Waals surface area contributed by atoms with Crippen LogP contribution in [-0.4, -0.2) is 20.8 Å². The van der Waals surface area contributed by atoms with Crippen molar-refractivity contribution in [2.75, 3.05) is 20.8 Å². The molecule has 0 aliphatic carbocycles. The Balaban J connectivity index is 2.51. The summed E-state index contributed by atoms with van der Waals surface area (Å²) in [5.41, 5.74) is 2.10. The third-order valence-electron chi connectivity index (χ3n) is 2.54. The molecule has 0 saturated carbocycles. The molecule has 1 aromatic rings. The Bertz CT molecular complexity index is 379. The monoisotopic (exact) mass is 227 g/mol. The maximum absolute atomic E-state index is 6.26. The molecule has 3 nitrogen and oxygen atoms in total. The van der Waals surface area contributed by atoms with Gasteiger partial charge in [-0.25, -0.2) is 0 Å². The van der Waals surface area contributed by atoms with Crippen LogP contribution in [0.5, 0.6) is 11.5 Å². The molecule has 0 bridgehead atoms. The molecule has 4 heteroatoms. The maximum Gasteiger partial charge on any atom is 0.142 e. The summed E-state index contributed by atoms with van der Waals surface area (Å²) in [6.45, 7) is 1.43. The molecule has 0 aromatic heterocycles. The smallest absolute Gasteiger partial charge is 0.142 e. The topological polar surface area (TPSA) is 30.5 Å². The molecule has 2 rings (SSSR count). The first-order chi connectivity index (χ1) is 7.27. The van der Waals surface area contributed by atoms with Crippen LogP contribution in [-0.2, 0) is 13.0 Å². The molecule has 0 amide bonds. The molecule has 1 aliphatic heterocycles. The predicted molar refractivity (Wildman–Crippen MR) is 60.0 cm³/mol. The summed E-state index contributed by atoms with van der Waals surface area (Å²) in [5.74, 6) is 1.65. The Morgan fingerprint density at radius 1 is 1.60 bits per heavy atom. The van der Waals surface area contributed by atoms with Crippen LogP contribution >= 0.6 is 11.6 Å². The number of hydrogen-bond donors (Lipinski definition) is 1. The summed E-state index contributed by atoms with van der Waals surface area (Å²) in [6, 6.07) is 2.00. The van der Waals surface area contributed by atoms with Crippen molar-refractivity contribution >= 4 is 11.6 Å². The van der Waals surface area contributed by atoms with Crippen LogP contribution in [0.25, 0.3) is 0 Å². The van der Waals surface area contributed by atoms with Crippen LogP contribution < -0.4 is 14.8 Å². The van der Waals surface area contributed by atoms with E-state index < -0.39 is 0 Å². The van der Waals surface area contributed by atoms with Gasteiger partial charge < -0.3 is 14.8 Å². The number of halogens is 1. The van der Waals surface area contributed by atoms with Gasteiger partial charge in [-0.05, 0) is 13.1 Å². The van der Waals surface area contributed by atoms with E-state index in [4.69, 9.17) is 21.1 Å². The predicted octanol–water partition coefficient (Wildman–Crippen LogP) is 2.00. The number of hydrogen-bond acceptors (Lipinski definition) is 3. The van der Waals surface area contributed by atoms with Crippen molar-refractivity contribution in [2.45, 2.75) is 13.0 Å². The van der Waals surface area contributed by atoms with Gasteiger partial charge in [0.1, 0.15) is 11.5 Å². The minimum absolute atomic E-state index is 0.692. The second-order valence-electron chi connectivity index (χ2n) is 3.49. The zero-order valence-corrected chi connectivity index (χ0v) is 9.65. The van der Waals surface area contributed by atoms with Crippen LogP contribution in [0.15, 0.2) is 6.07 Å². The second-order valence-corrected chi connectivity index (χ2v) is 3.87. The van der Waals surface area contributed by atoms with Gasteiger partial charge in [-0.1, -0.05) is 11.6 Å². The van der Waals surface area contributed by atoms with E-state index in [0.29, 0.717) is 11.6 Å². The summed E-state index contributed by atoms with van der Waals surface area (Å²) in [7, 11) is 3.53. The molecule has 1 aliphatic rings. The third-order valence-corrected chi connectivity index (χ3v) is 2.94. The third kappa shape index (κ3) is 1.77. The average molecular weight is 228 g/mol. The van der Waals surface area contributed by atoms with E-state index in [1.54, 1.807) is 7.11 Å². The first kappa shape index (κ1) is 10.6. The Hall–Kier alpha value is -0.930. The molecular formula is C11H14ClNO2. The van der Waals surface area contributed by atoms with Crippen molar-refractivity contribution in [1.82, 2.24) is 5.32 Å². The lowest BCUT2D eigenvalue weighted by Gasteiger charge is -2.13. The average Bonchev–Trinajstić information content (AvgIpc) is 2.67. The fourth-order valence-corrected chi connectivity index (χ4v) is 2.25. The molecule has 0 radical (unpaired) electrons. The lowest BCUT2D eigenvalue weighted by Crippen LogP contribution is -2.07. The van der Waals surface area contributed by atoms with E-state index in [2.05, 4.69) is 5.32 Å². The van der Waals surface area contributed by atoms with Crippen LogP contribution in [0.3, 0.4) is 0 Å². The highest BCUT2D eigenvalue weighted by Gasteiger charge is 2.21. The van der Waals surface area contributed by atoms with Gasteiger partial charge in [0, 0.05) is 24.1 Å². The second kappa shape index (κ2) is 4.29. The van der Waals surface area contributed by atoms with Gasteiger partial charge in [0.15, 0.2) is 0 Å². The lowest BCUT2D eigenvalue weighted by molar-refractivity contribution is 0.355. The van der Waals surface area contributed by atoms with Gasteiger partial charge in [0.25, 0.3) is 0 Å². The molecule has 1 heterocycles. The summed E-state index contributed by atoms with van der Waals surface area (Å²) in [6.07, 6.45) is 0.865. The van der Waals surface area contributed by atoms with Crippen molar-refractivity contribution in [3.63, 3.8) is 0 Å². The molecule has 15 heavy (non-hydrogen) atoms. The molecule has 0 atom stereocenters. The summed E-state index contributed by atoms with van der Waals surface area (Å²) in [5, 5.41) is 3.78. The zero-order chi connectivity index (χ0) is 10.8. The van der Waals surface area contributed by atoms with Crippen molar-refractivity contribution in [2.24, 2.45) is 0 Å². The number of methoxy groups -OCH3 is 1. The van der Waals surface area contributed by atoms with E-state index in [1.165, 1.54) is 0 Å². The molecular weight excluding hydrogens is 214 g/mol. The highest BCUT2D eigenvalue weighted by Crippen LogP contribution is 2.40. The fourth-order valence-electron chi connectivity index (χ4n) is 1.86. The van der Waals surface area contributed by atoms with Gasteiger partial charge in [0.2, 0.25) is 0 Å². The normalized spacial score (nSPS) is 13.5. The molecule has 0 unspecified atom stereocenters. The van der Waals surface area contributed by atoms with E-state index in [0.717, 1.165) is 35.6 Å². The number of benzene rings is 1. The molecule has 0 fully saturated rings. The Morgan fingerprint density at radius 3 is 3.07 bits per heavy atom. The van der Waals surface area contributed by atoms with Gasteiger partial charge in [-0.2, -0.15) is 0 Å². The minimum atomic E-state index is 0.692. The van der Waals surface area contributed by atoms with Gasteiger partial charge in [0.05, 0.1) is 18.7 Å². The molecule has 1 N–H and O–H groups in total. The van der Waals surface area contributed by atoms with E-state index in [1.807, 2.05) is 13.1 Å². The lowest BCUT2D eigenvalue weighted by atomic mass is 10.1. The Morgan fingerprint density at radius 2 is 2.40 bits per heavy atom. The Kier molecular flexibility index (Phi) is 3.03. The first-order valence-electron chi connectivity index (χ1n) is 4.93. The first-order valence-corrected chi connectivity index (χ1v) is 5.31. The number of nitrogens with one attached hydrogen (secondary N) is 1. The van der Waals surface area contributed by atoms with Gasteiger partial charge in [-0.15, -0.1) is 0 Å². The van der Waals surface area contributed by atoms with Crippen LogP contribution in [0.4, 0.5) is 0 Å². The summed E-state index contributed by atoms with van der Waals surface area (Å²) in [4.78, 5) is 0. The summed E-state index contributed by atoms with van der Waals surface area (Å²) < 4.78 is 10.8. The minimum Gasteiger partial charge on any atom is -0.495 e. The number of rotatable bonds is 3. The number of ether oxygens (including phenoxy) is 2. The van der Waals surface area contributed by atoms with Crippen LogP contribution in [0.1, 0.15) is 11.1 Å². The highest BCUT2D eigenvalue weighted by molar-refractivity contribution is 6.33. The van der Waals surface area contributed by atoms with Gasteiger partial charge >= 0.3 is 0 Å². The SMILES string of the molecule is CNCc1cc2c(c(Cl)c1OC)CCO2. The summed E-state index contributed by atoms with van der Waals surface area (Å²) >= 11 is 6.26. The van der Waals surface area contributed by atoms with E-state index >= 15 is 0 Å². The zero-order valence-electron chi connectivity index (χ0n) is 8.89. The standard InChI is InChI=1S/C11H14ClNO2/c1-13-6-7-5-9-8(3-4-15-9)10(12)11(7)14-2/h5,13H,3-4,6H2,1-2H3. The van der Waals surface area contributed by atoms with Crippen LogP contribution in [0, 0.1) is 0 Å². The van der Waals surface area contributed by atoms with E-state index in [9.17, 15) is 0 Å². The van der Waals surface area contributed by atoms with Crippen molar-refractivity contribution in [1.29, 1.82) is 0 Å². The highest BCUT2D eigenvalue weighted by atomic mass is 35.5. The largest absolute Gasteiger partial charge is 0.495 e. The molecule has 0 spiro atoms. The van der Waals surface area contributed by atoms with Crippen molar-refractivity contribution in [3.8, 4) is 11.5 Å². The van der Waals surface area contributed by atoms with Crippen molar-refractivity contribution in [3.05, 3.63) is 22.2 Å². The van der Waals surface area contributed by atoms with Crippen molar-refractivity contribution < 1.29 is 9.47 Å². The van der Waals surface area contributed by atoms with Gasteiger partial charge in [-0.3, -0.25) is 0 Å². The van der Waals surface area contributed by atoms with E-state index in [-0.39, 0.29) is 0 Å². The molecule has 1 aromatic carbocycles. The fraction of sp³-hybridized carbons (Fsp3) is 0.455.